The minimum absolute atomic E-state index is 0.0782. The molecule has 0 radical (unpaired) electrons. The molecule has 1 heterocycles. The van der Waals surface area contributed by atoms with Crippen molar-refractivity contribution in [2.45, 2.75) is 25.8 Å². The summed E-state index contributed by atoms with van der Waals surface area (Å²) in [5.41, 5.74) is -0.888. The Balaban J connectivity index is 2.43. The Morgan fingerprint density at radius 1 is 1.35 bits per heavy atom. The van der Waals surface area contributed by atoms with Crippen LogP contribution in [0, 0.1) is 0 Å². The van der Waals surface area contributed by atoms with Crippen molar-refractivity contribution in [3.8, 4) is 0 Å². The molecule has 0 fully saturated rings. The molecular formula is C12H15BrN2O5. The average Bonchev–Trinajstić information content (AvgIpc) is 2.70. The van der Waals surface area contributed by atoms with Gasteiger partial charge in [-0.25, -0.2) is 0 Å². The highest BCUT2D eigenvalue weighted by molar-refractivity contribution is 9.10. The fourth-order valence-electron chi connectivity index (χ4n) is 1.53. The fourth-order valence-corrected chi connectivity index (χ4v) is 1.83. The Labute approximate surface area is 123 Å². The minimum Gasteiger partial charge on any atom is -0.481 e. The molecular weight excluding hydrogens is 332 g/mol. The zero-order chi connectivity index (χ0) is 15.3. The lowest BCUT2D eigenvalue weighted by Gasteiger charge is -2.24. The van der Waals surface area contributed by atoms with Crippen molar-refractivity contribution >= 4 is 33.7 Å². The van der Waals surface area contributed by atoms with Gasteiger partial charge in [0.15, 0.2) is 10.4 Å². The van der Waals surface area contributed by atoms with E-state index in [0.29, 0.717) is 4.67 Å². The summed E-state index contributed by atoms with van der Waals surface area (Å²) < 4.78 is 5.44. The van der Waals surface area contributed by atoms with Gasteiger partial charge in [0.1, 0.15) is 0 Å². The van der Waals surface area contributed by atoms with Crippen LogP contribution in [-0.4, -0.2) is 35.0 Å². The summed E-state index contributed by atoms with van der Waals surface area (Å²) in [5, 5.41) is 13.6. The molecule has 20 heavy (non-hydrogen) atoms. The maximum absolute atomic E-state index is 11.6. The van der Waals surface area contributed by atoms with Crippen LogP contribution in [0.4, 0.5) is 0 Å². The Hall–Kier alpha value is -1.83. The first-order valence-corrected chi connectivity index (χ1v) is 6.55. The van der Waals surface area contributed by atoms with E-state index in [2.05, 4.69) is 26.6 Å². The third-order valence-electron chi connectivity index (χ3n) is 2.28. The molecule has 0 bridgehead atoms. The first-order chi connectivity index (χ1) is 9.19. The van der Waals surface area contributed by atoms with Gasteiger partial charge in [-0.1, -0.05) is 0 Å². The van der Waals surface area contributed by atoms with E-state index in [1.165, 1.54) is 6.07 Å². The maximum Gasteiger partial charge on any atom is 0.305 e. The van der Waals surface area contributed by atoms with E-state index in [-0.39, 0.29) is 18.7 Å². The van der Waals surface area contributed by atoms with Crippen LogP contribution in [0.1, 0.15) is 30.8 Å². The number of carbonyl (C=O) groups excluding carboxylic acids is 2. The highest BCUT2D eigenvalue weighted by Crippen LogP contribution is 2.13. The van der Waals surface area contributed by atoms with Gasteiger partial charge in [0.05, 0.1) is 13.0 Å². The standard InChI is InChI=1S/C12H15BrN2O5/c1-12(2,5-10(17)18)15-9(16)6-14-11(19)7-3-4-8(13)20-7/h3-4H,5-6H2,1-2H3,(H,14,19)(H,15,16)(H,17,18). The van der Waals surface area contributed by atoms with E-state index in [0.717, 1.165) is 0 Å². The molecule has 8 heteroatoms. The fraction of sp³-hybridized carbons (Fsp3) is 0.417. The summed E-state index contributed by atoms with van der Waals surface area (Å²) in [7, 11) is 0. The van der Waals surface area contributed by atoms with Crippen molar-refractivity contribution in [2.75, 3.05) is 6.54 Å². The number of carboxylic acids is 1. The SMILES string of the molecule is CC(C)(CC(=O)O)NC(=O)CNC(=O)c1ccc(Br)o1. The minimum atomic E-state index is -1.01. The molecule has 7 nitrogen and oxygen atoms in total. The van der Waals surface area contributed by atoms with Crippen molar-refractivity contribution in [3.05, 3.63) is 22.6 Å². The van der Waals surface area contributed by atoms with Crippen LogP contribution in [0.5, 0.6) is 0 Å². The van der Waals surface area contributed by atoms with Gasteiger partial charge in [-0.15, -0.1) is 0 Å². The molecule has 2 amide bonds. The second kappa shape index (κ2) is 6.56. The summed E-state index contributed by atoms with van der Waals surface area (Å²) in [6, 6.07) is 3.02. The van der Waals surface area contributed by atoms with Crippen LogP contribution in [0.25, 0.3) is 0 Å². The Bertz CT molecular complexity index is 524. The quantitative estimate of drug-likeness (QED) is 0.715. The van der Waals surface area contributed by atoms with Crippen molar-refractivity contribution < 1.29 is 23.9 Å². The predicted octanol–water partition coefficient (Wildman–Crippen LogP) is 1.14. The van der Waals surface area contributed by atoms with Crippen LogP contribution >= 0.6 is 15.9 Å². The normalized spacial score (nSPS) is 10.9. The Morgan fingerprint density at radius 2 is 2.00 bits per heavy atom. The van der Waals surface area contributed by atoms with Crippen LogP contribution in [-0.2, 0) is 9.59 Å². The Morgan fingerprint density at radius 3 is 2.50 bits per heavy atom. The van der Waals surface area contributed by atoms with Crippen molar-refractivity contribution in [1.82, 2.24) is 10.6 Å². The molecule has 1 aromatic rings. The summed E-state index contributed by atoms with van der Waals surface area (Å²) >= 11 is 3.06. The lowest BCUT2D eigenvalue weighted by Crippen LogP contribution is -2.48. The van der Waals surface area contributed by atoms with Gasteiger partial charge >= 0.3 is 5.97 Å². The second-order valence-corrected chi connectivity index (χ2v) is 5.57. The number of rotatable bonds is 6. The van der Waals surface area contributed by atoms with Crippen LogP contribution in [0.15, 0.2) is 21.2 Å². The van der Waals surface area contributed by atoms with Crippen LogP contribution in [0.3, 0.4) is 0 Å². The van der Waals surface area contributed by atoms with Crippen LogP contribution in [0.2, 0.25) is 0 Å². The smallest absolute Gasteiger partial charge is 0.305 e. The molecule has 0 aliphatic carbocycles. The van der Waals surface area contributed by atoms with Gasteiger partial charge in [0.2, 0.25) is 5.91 Å². The number of aliphatic carboxylic acids is 1. The summed E-state index contributed by atoms with van der Waals surface area (Å²) in [6.07, 6.45) is -0.210. The largest absolute Gasteiger partial charge is 0.481 e. The maximum atomic E-state index is 11.6. The molecule has 110 valence electrons. The number of halogens is 1. The second-order valence-electron chi connectivity index (χ2n) is 4.79. The molecule has 0 aliphatic heterocycles. The topological polar surface area (TPSA) is 109 Å². The first-order valence-electron chi connectivity index (χ1n) is 5.76. The van der Waals surface area contributed by atoms with E-state index in [1.54, 1.807) is 19.9 Å². The van der Waals surface area contributed by atoms with Gasteiger partial charge in [-0.05, 0) is 41.9 Å². The third kappa shape index (κ3) is 5.43. The number of nitrogens with one attached hydrogen (secondary N) is 2. The van der Waals surface area contributed by atoms with Gasteiger partial charge in [0.25, 0.3) is 5.91 Å². The molecule has 3 N–H and O–H groups in total. The monoisotopic (exact) mass is 346 g/mol. The average molecular weight is 347 g/mol. The molecule has 0 saturated heterocycles. The zero-order valence-corrected chi connectivity index (χ0v) is 12.6. The summed E-state index contributed by atoms with van der Waals surface area (Å²) in [5.74, 6) is -1.94. The van der Waals surface area contributed by atoms with Gasteiger partial charge in [0, 0.05) is 5.54 Å². The lowest BCUT2D eigenvalue weighted by molar-refractivity contribution is -0.138. The number of furan rings is 1. The van der Waals surface area contributed by atoms with Crippen molar-refractivity contribution in [3.63, 3.8) is 0 Å². The molecule has 0 aliphatic rings. The van der Waals surface area contributed by atoms with E-state index >= 15 is 0 Å². The third-order valence-corrected chi connectivity index (χ3v) is 2.70. The molecule has 1 rings (SSSR count). The number of carboxylic acid groups (broad SMARTS) is 1. The number of hydrogen-bond donors (Lipinski definition) is 3. The number of carbonyl (C=O) groups is 3. The van der Waals surface area contributed by atoms with Gasteiger partial charge < -0.3 is 20.2 Å². The number of amides is 2. The first kappa shape index (κ1) is 16.2. The molecule has 0 unspecified atom stereocenters. The summed E-state index contributed by atoms with van der Waals surface area (Å²) in [4.78, 5) is 33.8. The van der Waals surface area contributed by atoms with E-state index in [1.807, 2.05) is 0 Å². The molecule has 0 spiro atoms. The molecule has 0 aromatic carbocycles. The van der Waals surface area contributed by atoms with E-state index in [4.69, 9.17) is 9.52 Å². The molecule has 0 atom stereocenters. The summed E-state index contributed by atoms with van der Waals surface area (Å²) in [6.45, 7) is 2.91. The lowest BCUT2D eigenvalue weighted by atomic mass is 10.0. The predicted molar refractivity (Wildman–Crippen MR) is 73.2 cm³/mol. The van der Waals surface area contributed by atoms with Gasteiger partial charge in [-0.2, -0.15) is 0 Å². The van der Waals surface area contributed by atoms with E-state index in [9.17, 15) is 14.4 Å². The Kier molecular flexibility index (Phi) is 5.32. The zero-order valence-electron chi connectivity index (χ0n) is 11.0. The highest BCUT2D eigenvalue weighted by atomic mass is 79.9. The van der Waals surface area contributed by atoms with Gasteiger partial charge in [-0.3, -0.25) is 14.4 Å². The number of hydrogen-bond acceptors (Lipinski definition) is 4. The van der Waals surface area contributed by atoms with Crippen molar-refractivity contribution in [2.24, 2.45) is 0 Å². The highest BCUT2D eigenvalue weighted by Gasteiger charge is 2.24. The van der Waals surface area contributed by atoms with E-state index < -0.39 is 23.3 Å². The van der Waals surface area contributed by atoms with Crippen LogP contribution < -0.4 is 10.6 Å². The molecule has 1 aromatic heterocycles. The van der Waals surface area contributed by atoms with Crippen molar-refractivity contribution in [1.29, 1.82) is 0 Å². The molecule has 0 saturated carbocycles.